The highest BCUT2D eigenvalue weighted by Gasteiger charge is 2.30. The third-order valence-electron chi connectivity index (χ3n) is 4.35. The number of ether oxygens (including phenoxy) is 1. The van der Waals surface area contributed by atoms with Crippen molar-refractivity contribution in [3.8, 4) is 0 Å². The fourth-order valence-corrected chi connectivity index (χ4v) is 3.36. The minimum Gasteiger partial charge on any atom is -0.381 e. The lowest BCUT2D eigenvalue weighted by molar-refractivity contribution is 0.0960. The van der Waals surface area contributed by atoms with E-state index in [1.54, 1.807) is 0 Å². The van der Waals surface area contributed by atoms with Crippen molar-refractivity contribution in [1.29, 1.82) is 0 Å². The molecule has 0 aromatic carbocycles. The highest BCUT2D eigenvalue weighted by Crippen LogP contribution is 2.27. The topological polar surface area (TPSA) is 24.5 Å². The second-order valence-electron chi connectivity index (χ2n) is 5.61. The van der Waals surface area contributed by atoms with Gasteiger partial charge in [-0.3, -0.25) is 4.90 Å². The molecule has 1 aliphatic heterocycles. The van der Waals surface area contributed by atoms with Gasteiger partial charge in [0.15, 0.2) is 0 Å². The molecule has 2 fully saturated rings. The Balaban J connectivity index is 1.86. The van der Waals surface area contributed by atoms with Crippen molar-refractivity contribution in [2.24, 2.45) is 0 Å². The van der Waals surface area contributed by atoms with Gasteiger partial charge >= 0.3 is 0 Å². The van der Waals surface area contributed by atoms with Gasteiger partial charge in [0.25, 0.3) is 0 Å². The number of nitrogens with one attached hydrogen (secondary N) is 1. The molecule has 0 aromatic rings. The molecule has 1 saturated heterocycles. The van der Waals surface area contributed by atoms with E-state index < -0.39 is 0 Å². The molecular weight excluding hydrogens is 212 g/mol. The lowest BCUT2D eigenvalue weighted by Gasteiger charge is -2.30. The van der Waals surface area contributed by atoms with Gasteiger partial charge in [0.2, 0.25) is 0 Å². The molecule has 2 aliphatic rings. The van der Waals surface area contributed by atoms with E-state index in [1.807, 2.05) is 7.11 Å². The maximum Gasteiger partial charge on any atom is 0.0586 e. The molecule has 17 heavy (non-hydrogen) atoms. The third-order valence-corrected chi connectivity index (χ3v) is 4.35. The van der Waals surface area contributed by atoms with Crippen LogP contribution in [-0.2, 0) is 4.74 Å². The monoisotopic (exact) mass is 240 g/mol. The zero-order valence-corrected chi connectivity index (χ0v) is 11.5. The van der Waals surface area contributed by atoms with Gasteiger partial charge < -0.3 is 10.1 Å². The minimum atomic E-state index is 0.515. The van der Waals surface area contributed by atoms with Crippen molar-refractivity contribution in [2.45, 2.75) is 63.6 Å². The normalized spacial score (nSPS) is 36.0. The van der Waals surface area contributed by atoms with Gasteiger partial charge in [-0.2, -0.15) is 0 Å². The summed E-state index contributed by atoms with van der Waals surface area (Å²) in [6, 6.07) is 1.49. The summed E-state index contributed by atoms with van der Waals surface area (Å²) in [5, 5.41) is 3.69. The Bertz CT molecular complexity index is 222. The van der Waals surface area contributed by atoms with Crippen LogP contribution >= 0.6 is 0 Å². The first-order valence-corrected chi connectivity index (χ1v) is 7.33. The van der Waals surface area contributed by atoms with Gasteiger partial charge in [-0.25, -0.2) is 0 Å². The maximum atomic E-state index is 5.50. The van der Waals surface area contributed by atoms with Crippen LogP contribution < -0.4 is 5.32 Å². The van der Waals surface area contributed by atoms with E-state index in [-0.39, 0.29) is 0 Å². The molecule has 3 heteroatoms. The second-order valence-corrected chi connectivity index (χ2v) is 5.61. The van der Waals surface area contributed by atoms with Crippen LogP contribution in [0, 0.1) is 0 Å². The molecule has 0 spiro atoms. The Morgan fingerprint density at radius 2 is 2.24 bits per heavy atom. The van der Waals surface area contributed by atoms with Crippen LogP contribution in [0.15, 0.2) is 0 Å². The van der Waals surface area contributed by atoms with Gasteiger partial charge in [-0.05, 0) is 45.2 Å². The Hall–Kier alpha value is -0.120. The molecule has 0 aromatic heterocycles. The van der Waals surface area contributed by atoms with Crippen LogP contribution in [0.2, 0.25) is 0 Å². The number of hydrogen-bond acceptors (Lipinski definition) is 3. The average Bonchev–Trinajstić information content (AvgIpc) is 2.70. The summed E-state index contributed by atoms with van der Waals surface area (Å²) in [5.41, 5.74) is 0. The van der Waals surface area contributed by atoms with Crippen LogP contribution in [-0.4, -0.2) is 49.8 Å². The number of rotatable bonds is 4. The molecular formula is C14H28N2O. The summed E-state index contributed by atoms with van der Waals surface area (Å²) in [6.07, 6.45) is 8.25. The van der Waals surface area contributed by atoms with Crippen LogP contribution in [0.25, 0.3) is 0 Å². The Labute approximate surface area is 106 Å². The molecule has 3 nitrogen and oxygen atoms in total. The smallest absolute Gasteiger partial charge is 0.0586 e. The predicted molar refractivity (Wildman–Crippen MR) is 71.3 cm³/mol. The molecule has 3 atom stereocenters. The fourth-order valence-electron chi connectivity index (χ4n) is 3.36. The molecule has 0 radical (unpaired) electrons. The van der Waals surface area contributed by atoms with E-state index in [4.69, 9.17) is 4.74 Å². The van der Waals surface area contributed by atoms with E-state index in [0.29, 0.717) is 12.1 Å². The number of nitrogens with zero attached hydrogens (tertiary/aromatic N) is 1. The third kappa shape index (κ3) is 3.67. The highest BCUT2D eigenvalue weighted by molar-refractivity contribution is 4.87. The standard InChI is InChI=1S/C14H28N2O/c1-3-5-12-11-16(9-4-8-15-12)13-6-7-14(10-13)17-2/h12-15H,3-11H2,1-2H3. The molecule has 1 N–H and O–H groups in total. The van der Waals surface area contributed by atoms with Crippen molar-refractivity contribution < 1.29 is 4.74 Å². The zero-order valence-electron chi connectivity index (χ0n) is 11.5. The lowest BCUT2D eigenvalue weighted by atomic mass is 10.1. The molecule has 100 valence electrons. The minimum absolute atomic E-state index is 0.515. The van der Waals surface area contributed by atoms with Gasteiger partial charge in [0, 0.05) is 25.7 Å². The van der Waals surface area contributed by atoms with Crippen molar-refractivity contribution in [3.63, 3.8) is 0 Å². The van der Waals surface area contributed by atoms with E-state index in [1.165, 1.54) is 58.2 Å². The Morgan fingerprint density at radius 1 is 1.35 bits per heavy atom. The molecule has 2 rings (SSSR count). The lowest BCUT2D eigenvalue weighted by Crippen LogP contribution is -2.42. The summed E-state index contributed by atoms with van der Waals surface area (Å²) in [6.45, 7) is 6.00. The Kier molecular flexibility index (Phi) is 5.26. The molecule has 3 unspecified atom stereocenters. The van der Waals surface area contributed by atoms with E-state index >= 15 is 0 Å². The van der Waals surface area contributed by atoms with Crippen LogP contribution in [0.1, 0.15) is 45.4 Å². The van der Waals surface area contributed by atoms with Crippen LogP contribution in [0.5, 0.6) is 0 Å². The molecule has 1 aliphatic carbocycles. The van der Waals surface area contributed by atoms with Crippen LogP contribution in [0.3, 0.4) is 0 Å². The highest BCUT2D eigenvalue weighted by atomic mass is 16.5. The molecule has 1 heterocycles. The average molecular weight is 240 g/mol. The zero-order chi connectivity index (χ0) is 12.1. The summed E-state index contributed by atoms with van der Waals surface area (Å²) < 4.78 is 5.50. The van der Waals surface area contributed by atoms with Crippen LogP contribution in [0.4, 0.5) is 0 Å². The van der Waals surface area contributed by atoms with E-state index in [2.05, 4.69) is 17.1 Å². The number of hydrogen-bond donors (Lipinski definition) is 1. The first-order chi connectivity index (χ1) is 8.33. The second kappa shape index (κ2) is 6.72. The largest absolute Gasteiger partial charge is 0.381 e. The summed E-state index contributed by atoms with van der Waals surface area (Å²) in [5.74, 6) is 0. The number of methoxy groups -OCH3 is 1. The van der Waals surface area contributed by atoms with Gasteiger partial charge in [-0.15, -0.1) is 0 Å². The molecule has 0 bridgehead atoms. The van der Waals surface area contributed by atoms with E-state index in [0.717, 1.165) is 6.04 Å². The SMILES string of the molecule is CCCC1CN(C2CCC(OC)C2)CCCN1. The van der Waals surface area contributed by atoms with Gasteiger partial charge in [-0.1, -0.05) is 13.3 Å². The summed E-state index contributed by atoms with van der Waals surface area (Å²) in [7, 11) is 1.86. The van der Waals surface area contributed by atoms with E-state index in [9.17, 15) is 0 Å². The first-order valence-electron chi connectivity index (χ1n) is 7.33. The maximum absolute atomic E-state index is 5.50. The van der Waals surface area contributed by atoms with Crippen molar-refractivity contribution >= 4 is 0 Å². The van der Waals surface area contributed by atoms with Crippen molar-refractivity contribution in [3.05, 3.63) is 0 Å². The Morgan fingerprint density at radius 3 is 2.94 bits per heavy atom. The van der Waals surface area contributed by atoms with Gasteiger partial charge in [0.1, 0.15) is 0 Å². The van der Waals surface area contributed by atoms with Crippen molar-refractivity contribution in [2.75, 3.05) is 26.7 Å². The summed E-state index contributed by atoms with van der Waals surface area (Å²) in [4.78, 5) is 2.72. The molecule has 1 saturated carbocycles. The van der Waals surface area contributed by atoms with Crippen molar-refractivity contribution in [1.82, 2.24) is 10.2 Å². The first kappa shape index (κ1) is 13.3. The predicted octanol–water partition coefficient (Wildman–Crippen LogP) is 2.02. The summed E-state index contributed by atoms with van der Waals surface area (Å²) >= 11 is 0. The van der Waals surface area contributed by atoms with Gasteiger partial charge in [0.05, 0.1) is 6.10 Å². The molecule has 0 amide bonds. The fraction of sp³-hybridized carbons (Fsp3) is 1.00. The quantitative estimate of drug-likeness (QED) is 0.813.